The van der Waals surface area contributed by atoms with E-state index in [2.05, 4.69) is 36.2 Å². The fourth-order valence-electron chi connectivity index (χ4n) is 4.24. The molecular weight excluding hydrogens is 396 g/mol. The van der Waals surface area contributed by atoms with Gasteiger partial charge in [0.15, 0.2) is 0 Å². The Morgan fingerprint density at radius 1 is 0.906 bits per heavy atom. The molecule has 5 rings (SSSR count). The van der Waals surface area contributed by atoms with Gasteiger partial charge >= 0.3 is 0 Å². The third-order valence-corrected chi connectivity index (χ3v) is 6.46. The highest BCUT2D eigenvalue weighted by Crippen LogP contribution is 2.40. The number of piperidine rings is 1. The number of nitrogens with zero attached hydrogens (tertiary/aromatic N) is 2. The van der Waals surface area contributed by atoms with E-state index in [0.717, 1.165) is 72.6 Å². The summed E-state index contributed by atoms with van der Waals surface area (Å²) in [6, 6.07) is 26.6. The molecule has 1 aliphatic heterocycles. The molecule has 164 valence electrons. The molecule has 4 heteroatoms. The number of aliphatic imine (C=N–C) groups is 1. The van der Waals surface area contributed by atoms with E-state index in [1.807, 2.05) is 54.6 Å². The van der Waals surface area contributed by atoms with Gasteiger partial charge in [-0.3, -0.25) is 0 Å². The zero-order chi connectivity index (χ0) is 22.0. The van der Waals surface area contributed by atoms with E-state index >= 15 is 0 Å². The van der Waals surface area contributed by atoms with Crippen LogP contribution in [-0.2, 0) is 5.60 Å². The van der Waals surface area contributed by atoms with Crippen LogP contribution in [0.1, 0.15) is 42.4 Å². The van der Waals surface area contributed by atoms with Gasteiger partial charge in [0.2, 0.25) is 0 Å². The summed E-state index contributed by atoms with van der Waals surface area (Å²) in [6.07, 6.45) is 3.90. The largest absolute Gasteiger partial charge is 0.488 e. The Bertz CT molecular complexity index is 1040. The molecule has 1 N–H and O–H groups in total. The van der Waals surface area contributed by atoms with Crippen molar-refractivity contribution < 1.29 is 9.84 Å². The monoisotopic (exact) mass is 426 g/mol. The van der Waals surface area contributed by atoms with Crippen LogP contribution in [0.2, 0.25) is 0 Å². The lowest BCUT2D eigenvalue weighted by Crippen LogP contribution is -2.40. The maximum atomic E-state index is 11.4. The van der Waals surface area contributed by atoms with E-state index in [0.29, 0.717) is 0 Å². The lowest BCUT2D eigenvalue weighted by Gasteiger charge is -2.37. The van der Waals surface area contributed by atoms with Gasteiger partial charge < -0.3 is 14.7 Å². The minimum absolute atomic E-state index is 0.276. The molecule has 0 amide bonds. The predicted molar refractivity (Wildman–Crippen MR) is 129 cm³/mol. The second-order valence-corrected chi connectivity index (χ2v) is 9.03. The SMILES string of the molecule is CN1CCC(O)(c2ccc(OC3CC3)c(N=C(c3ccccc3)c3ccccc3)c2)CC1. The van der Waals surface area contributed by atoms with Gasteiger partial charge in [0.25, 0.3) is 0 Å². The summed E-state index contributed by atoms with van der Waals surface area (Å²) in [5.74, 6) is 0.789. The predicted octanol–water partition coefficient (Wildman–Crippen LogP) is 5.31. The fraction of sp³-hybridized carbons (Fsp3) is 0.321. The normalized spacial score (nSPS) is 18.2. The Labute approximate surface area is 190 Å². The number of rotatable bonds is 6. The van der Waals surface area contributed by atoms with Crippen molar-refractivity contribution in [1.29, 1.82) is 0 Å². The lowest BCUT2D eigenvalue weighted by atomic mass is 9.84. The van der Waals surface area contributed by atoms with Gasteiger partial charge in [0, 0.05) is 24.2 Å². The van der Waals surface area contributed by atoms with Crippen molar-refractivity contribution in [3.63, 3.8) is 0 Å². The van der Waals surface area contributed by atoms with E-state index in [4.69, 9.17) is 9.73 Å². The molecule has 1 saturated heterocycles. The summed E-state index contributed by atoms with van der Waals surface area (Å²) in [5.41, 5.74) is 3.89. The van der Waals surface area contributed by atoms with Crippen molar-refractivity contribution in [3.8, 4) is 5.75 Å². The first-order valence-corrected chi connectivity index (χ1v) is 11.5. The highest BCUT2D eigenvalue weighted by molar-refractivity contribution is 6.14. The summed E-state index contributed by atoms with van der Waals surface area (Å²) >= 11 is 0. The number of hydrogen-bond donors (Lipinski definition) is 1. The van der Waals surface area contributed by atoms with Crippen molar-refractivity contribution in [2.75, 3.05) is 20.1 Å². The molecule has 1 aliphatic carbocycles. The molecule has 0 aromatic heterocycles. The topological polar surface area (TPSA) is 45.1 Å². The Kier molecular flexibility index (Phi) is 5.81. The Morgan fingerprint density at radius 3 is 2.06 bits per heavy atom. The van der Waals surface area contributed by atoms with Crippen molar-refractivity contribution in [2.24, 2.45) is 4.99 Å². The summed E-state index contributed by atoms with van der Waals surface area (Å²) in [4.78, 5) is 7.42. The Balaban J connectivity index is 1.61. The molecule has 0 radical (unpaired) electrons. The number of aliphatic hydroxyl groups is 1. The van der Waals surface area contributed by atoms with E-state index in [1.165, 1.54) is 0 Å². The first kappa shape index (κ1) is 20.9. The molecule has 2 aliphatic rings. The van der Waals surface area contributed by atoms with Crippen LogP contribution in [0.5, 0.6) is 5.75 Å². The third-order valence-electron chi connectivity index (χ3n) is 6.46. The number of hydrogen-bond acceptors (Lipinski definition) is 4. The van der Waals surface area contributed by atoms with Crippen LogP contribution in [0, 0.1) is 0 Å². The summed E-state index contributed by atoms with van der Waals surface area (Å²) in [5, 5.41) is 11.4. The van der Waals surface area contributed by atoms with Crippen LogP contribution in [0.25, 0.3) is 0 Å². The van der Waals surface area contributed by atoms with Gasteiger partial charge in [0.05, 0.1) is 17.4 Å². The molecule has 2 fully saturated rings. The first-order valence-electron chi connectivity index (χ1n) is 11.5. The van der Waals surface area contributed by atoms with Crippen molar-refractivity contribution in [3.05, 3.63) is 95.6 Å². The summed E-state index contributed by atoms with van der Waals surface area (Å²) in [7, 11) is 2.11. The summed E-state index contributed by atoms with van der Waals surface area (Å²) in [6.45, 7) is 1.77. The molecule has 3 aromatic rings. The van der Waals surface area contributed by atoms with Crippen LogP contribution in [-0.4, -0.2) is 42.0 Å². The summed E-state index contributed by atoms with van der Waals surface area (Å²) < 4.78 is 6.22. The van der Waals surface area contributed by atoms with Gasteiger partial charge in [-0.15, -0.1) is 0 Å². The number of likely N-dealkylation sites (tertiary alicyclic amines) is 1. The lowest BCUT2D eigenvalue weighted by molar-refractivity contribution is -0.0203. The molecule has 32 heavy (non-hydrogen) atoms. The maximum Gasteiger partial charge on any atom is 0.145 e. The van der Waals surface area contributed by atoms with E-state index in [1.54, 1.807) is 0 Å². The smallest absolute Gasteiger partial charge is 0.145 e. The Morgan fingerprint density at radius 2 is 1.50 bits per heavy atom. The average molecular weight is 427 g/mol. The minimum Gasteiger partial charge on any atom is -0.488 e. The van der Waals surface area contributed by atoms with Crippen LogP contribution in [0.15, 0.2) is 83.9 Å². The van der Waals surface area contributed by atoms with Crippen molar-refractivity contribution in [2.45, 2.75) is 37.4 Å². The van der Waals surface area contributed by atoms with E-state index in [9.17, 15) is 5.11 Å². The number of ether oxygens (including phenoxy) is 1. The van der Waals surface area contributed by atoms with Gasteiger partial charge in [-0.1, -0.05) is 66.7 Å². The zero-order valence-corrected chi connectivity index (χ0v) is 18.6. The first-order chi connectivity index (χ1) is 15.6. The third kappa shape index (κ3) is 4.62. The van der Waals surface area contributed by atoms with E-state index in [-0.39, 0.29) is 6.10 Å². The molecular formula is C28H30N2O2. The second kappa shape index (κ2) is 8.89. The minimum atomic E-state index is -0.825. The second-order valence-electron chi connectivity index (χ2n) is 9.03. The zero-order valence-electron chi connectivity index (χ0n) is 18.6. The number of benzene rings is 3. The standard InChI is InChI=1S/C28H30N2O2/c1-30-18-16-28(31,17-19-30)23-12-15-26(32-24-13-14-24)25(20-23)29-27(21-8-4-2-5-9-21)22-10-6-3-7-11-22/h2-12,15,20,24,31H,13-14,16-19H2,1H3. The fourth-order valence-corrected chi connectivity index (χ4v) is 4.24. The van der Waals surface area contributed by atoms with Crippen molar-refractivity contribution >= 4 is 11.4 Å². The van der Waals surface area contributed by atoms with Gasteiger partial charge in [-0.2, -0.15) is 0 Å². The highest BCUT2D eigenvalue weighted by atomic mass is 16.5. The van der Waals surface area contributed by atoms with Gasteiger partial charge in [-0.25, -0.2) is 4.99 Å². The van der Waals surface area contributed by atoms with Crippen LogP contribution >= 0.6 is 0 Å². The maximum absolute atomic E-state index is 11.4. The molecule has 0 bridgehead atoms. The van der Waals surface area contributed by atoms with Crippen molar-refractivity contribution in [1.82, 2.24) is 4.90 Å². The average Bonchev–Trinajstić information content (AvgIpc) is 3.65. The molecule has 0 unspecified atom stereocenters. The molecule has 0 atom stereocenters. The molecule has 0 spiro atoms. The molecule has 1 heterocycles. The van der Waals surface area contributed by atoms with Crippen LogP contribution < -0.4 is 4.74 Å². The van der Waals surface area contributed by atoms with E-state index < -0.39 is 5.60 Å². The van der Waals surface area contributed by atoms with Gasteiger partial charge in [-0.05, 0) is 50.4 Å². The van der Waals surface area contributed by atoms with Crippen LogP contribution in [0.3, 0.4) is 0 Å². The molecule has 4 nitrogen and oxygen atoms in total. The van der Waals surface area contributed by atoms with Gasteiger partial charge in [0.1, 0.15) is 11.4 Å². The quantitative estimate of drug-likeness (QED) is 0.543. The molecule has 1 saturated carbocycles. The van der Waals surface area contributed by atoms with Crippen LogP contribution in [0.4, 0.5) is 5.69 Å². The Hall–Kier alpha value is -2.95. The highest BCUT2D eigenvalue weighted by Gasteiger charge is 2.34. The molecule has 3 aromatic carbocycles.